The molecular weight excluding hydrogens is 174 g/mol. The Morgan fingerprint density at radius 2 is 2.14 bits per heavy atom. The van der Waals surface area contributed by atoms with Gasteiger partial charge in [0.15, 0.2) is 0 Å². The van der Waals surface area contributed by atoms with Gasteiger partial charge >= 0.3 is 0 Å². The molecule has 2 N–H and O–H groups in total. The first kappa shape index (κ1) is 9.21. The number of aromatic nitrogens is 2. The maximum Gasteiger partial charge on any atom is 0.0596 e. The topological polar surface area (TPSA) is 43.8 Å². The van der Waals surface area contributed by atoms with Crippen LogP contribution in [0, 0.1) is 6.92 Å². The lowest BCUT2D eigenvalue weighted by atomic mass is 10.1. The smallest absolute Gasteiger partial charge is 0.0596 e. The standard InChI is InChI=1S/C11H15N3/c1-9-8-11(10-4-2-3-5-10)14(13-9)7-6-12/h2-5,8,10H,6-7,12H2,1H3. The lowest BCUT2D eigenvalue weighted by molar-refractivity contribution is 0.589. The van der Waals surface area contributed by atoms with E-state index in [-0.39, 0.29) is 0 Å². The average Bonchev–Trinajstić information content (AvgIpc) is 2.74. The second-order valence-corrected chi connectivity index (χ2v) is 3.52. The second kappa shape index (κ2) is 3.80. The molecule has 0 spiro atoms. The highest BCUT2D eigenvalue weighted by Gasteiger charge is 2.13. The third kappa shape index (κ3) is 1.63. The number of nitrogens with two attached hydrogens (primary N) is 1. The van der Waals surface area contributed by atoms with Crippen LogP contribution in [0.3, 0.4) is 0 Å². The van der Waals surface area contributed by atoms with Crippen LogP contribution in [-0.2, 0) is 6.54 Å². The zero-order valence-corrected chi connectivity index (χ0v) is 8.35. The summed E-state index contributed by atoms with van der Waals surface area (Å²) in [6.07, 6.45) is 8.48. The van der Waals surface area contributed by atoms with E-state index in [1.165, 1.54) is 5.69 Å². The van der Waals surface area contributed by atoms with Crippen molar-refractivity contribution < 1.29 is 0 Å². The molecule has 0 aliphatic heterocycles. The Morgan fingerprint density at radius 1 is 1.43 bits per heavy atom. The molecule has 0 atom stereocenters. The van der Waals surface area contributed by atoms with Crippen molar-refractivity contribution in [1.29, 1.82) is 0 Å². The number of allylic oxidation sites excluding steroid dienone is 4. The fraction of sp³-hybridized carbons (Fsp3) is 0.364. The minimum Gasteiger partial charge on any atom is -0.329 e. The lowest BCUT2D eigenvalue weighted by Gasteiger charge is -2.08. The van der Waals surface area contributed by atoms with E-state index in [2.05, 4.69) is 35.5 Å². The van der Waals surface area contributed by atoms with Crippen molar-refractivity contribution in [3.8, 4) is 0 Å². The molecule has 0 radical (unpaired) electrons. The van der Waals surface area contributed by atoms with Crippen LogP contribution >= 0.6 is 0 Å². The van der Waals surface area contributed by atoms with Crippen molar-refractivity contribution in [3.63, 3.8) is 0 Å². The lowest BCUT2D eigenvalue weighted by Crippen LogP contribution is -2.14. The maximum absolute atomic E-state index is 5.54. The summed E-state index contributed by atoms with van der Waals surface area (Å²) in [6.45, 7) is 3.44. The molecule has 1 heterocycles. The number of nitrogens with zero attached hydrogens (tertiary/aromatic N) is 2. The molecule has 2 rings (SSSR count). The summed E-state index contributed by atoms with van der Waals surface area (Å²) in [5.41, 5.74) is 7.83. The fourth-order valence-electron chi connectivity index (χ4n) is 1.76. The van der Waals surface area contributed by atoms with Crippen molar-refractivity contribution in [2.45, 2.75) is 19.4 Å². The number of aryl methyl sites for hydroxylation is 1. The van der Waals surface area contributed by atoms with E-state index in [0.29, 0.717) is 12.5 Å². The first-order chi connectivity index (χ1) is 6.81. The maximum atomic E-state index is 5.54. The van der Waals surface area contributed by atoms with Gasteiger partial charge in [-0.1, -0.05) is 24.3 Å². The summed E-state index contributed by atoms with van der Waals surface area (Å²) >= 11 is 0. The molecule has 0 amide bonds. The molecule has 0 aromatic carbocycles. The largest absolute Gasteiger partial charge is 0.329 e. The molecule has 0 unspecified atom stereocenters. The number of hydrogen-bond donors (Lipinski definition) is 1. The van der Waals surface area contributed by atoms with Crippen LogP contribution in [0.5, 0.6) is 0 Å². The summed E-state index contributed by atoms with van der Waals surface area (Å²) in [5.74, 6) is 0.378. The van der Waals surface area contributed by atoms with Crippen LogP contribution in [0.2, 0.25) is 0 Å². The van der Waals surface area contributed by atoms with Gasteiger partial charge < -0.3 is 5.73 Å². The van der Waals surface area contributed by atoms with E-state index in [9.17, 15) is 0 Å². The molecule has 0 saturated carbocycles. The Kier molecular flexibility index (Phi) is 2.50. The molecule has 3 nitrogen and oxygen atoms in total. The summed E-state index contributed by atoms with van der Waals surface area (Å²) in [7, 11) is 0. The Bertz CT molecular complexity index is 362. The van der Waals surface area contributed by atoms with Gasteiger partial charge in [-0.05, 0) is 13.0 Å². The van der Waals surface area contributed by atoms with Crippen molar-refractivity contribution in [1.82, 2.24) is 9.78 Å². The van der Waals surface area contributed by atoms with E-state index in [4.69, 9.17) is 5.73 Å². The van der Waals surface area contributed by atoms with E-state index in [1.54, 1.807) is 0 Å². The van der Waals surface area contributed by atoms with Gasteiger partial charge in [0.25, 0.3) is 0 Å². The SMILES string of the molecule is Cc1cc(C2C=CC=C2)n(CCN)n1. The minimum atomic E-state index is 0.378. The molecule has 0 saturated heterocycles. The van der Waals surface area contributed by atoms with Gasteiger partial charge in [-0.3, -0.25) is 4.68 Å². The van der Waals surface area contributed by atoms with Gasteiger partial charge in [0.1, 0.15) is 0 Å². The Balaban J connectivity index is 2.30. The normalized spacial score (nSPS) is 15.6. The van der Waals surface area contributed by atoms with Crippen LogP contribution < -0.4 is 5.73 Å². The summed E-state index contributed by atoms with van der Waals surface area (Å²) in [6, 6.07) is 2.13. The molecular formula is C11H15N3. The minimum absolute atomic E-state index is 0.378. The van der Waals surface area contributed by atoms with Gasteiger partial charge in [0.05, 0.1) is 12.2 Å². The molecule has 3 heteroatoms. The van der Waals surface area contributed by atoms with E-state index < -0.39 is 0 Å². The van der Waals surface area contributed by atoms with Crippen LogP contribution in [0.25, 0.3) is 0 Å². The predicted molar refractivity (Wildman–Crippen MR) is 57.0 cm³/mol. The van der Waals surface area contributed by atoms with Gasteiger partial charge in [0.2, 0.25) is 0 Å². The zero-order chi connectivity index (χ0) is 9.97. The molecule has 1 aromatic rings. The summed E-state index contributed by atoms with van der Waals surface area (Å²) in [4.78, 5) is 0. The van der Waals surface area contributed by atoms with Gasteiger partial charge in [-0.15, -0.1) is 0 Å². The third-order valence-corrected chi connectivity index (χ3v) is 2.36. The fourth-order valence-corrected chi connectivity index (χ4v) is 1.76. The molecule has 0 fully saturated rings. The van der Waals surface area contributed by atoms with Gasteiger partial charge in [-0.25, -0.2) is 0 Å². The highest BCUT2D eigenvalue weighted by molar-refractivity contribution is 5.31. The quantitative estimate of drug-likeness (QED) is 0.780. The van der Waals surface area contributed by atoms with E-state index in [0.717, 1.165) is 12.2 Å². The van der Waals surface area contributed by atoms with Crippen molar-refractivity contribution in [3.05, 3.63) is 41.8 Å². The number of hydrogen-bond acceptors (Lipinski definition) is 2. The predicted octanol–water partition coefficient (Wildman–Crippen LogP) is 1.36. The molecule has 74 valence electrons. The van der Waals surface area contributed by atoms with Crippen molar-refractivity contribution in [2.24, 2.45) is 5.73 Å². The third-order valence-electron chi connectivity index (χ3n) is 2.36. The summed E-state index contributed by atoms with van der Waals surface area (Å²) < 4.78 is 2.00. The van der Waals surface area contributed by atoms with Crippen molar-refractivity contribution in [2.75, 3.05) is 6.54 Å². The Hall–Kier alpha value is -1.35. The molecule has 1 aliphatic carbocycles. The van der Waals surface area contributed by atoms with Crippen LogP contribution in [-0.4, -0.2) is 16.3 Å². The highest BCUT2D eigenvalue weighted by atomic mass is 15.3. The first-order valence-corrected chi connectivity index (χ1v) is 4.90. The molecule has 0 bridgehead atoms. The van der Waals surface area contributed by atoms with Crippen molar-refractivity contribution >= 4 is 0 Å². The second-order valence-electron chi connectivity index (χ2n) is 3.52. The Labute approximate surface area is 83.9 Å². The average molecular weight is 189 g/mol. The van der Waals surface area contributed by atoms with Gasteiger partial charge in [-0.2, -0.15) is 5.10 Å². The van der Waals surface area contributed by atoms with Crippen LogP contribution in [0.15, 0.2) is 30.4 Å². The number of rotatable bonds is 3. The Morgan fingerprint density at radius 3 is 2.79 bits per heavy atom. The van der Waals surface area contributed by atoms with E-state index in [1.807, 2.05) is 11.6 Å². The monoisotopic (exact) mass is 189 g/mol. The summed E-state index contributed by atoms with van der Waals surface area (Å²) in [5, 5.41) is 4.41. The zero-order valence-electron chi connectivity index (χ0n) is 8.35. The van der Waals surface area contributed by atoms with Gasteiger partial charge in [0, 0.05) is 18.2 Å². The molecule has 1 aliphatic rings. The molecule has 1 aromatic heterocycles. The van der Waals surface area contributed by atoms with Crippen LogP contribution in [0.1, 0.15) is 17.3 Å². The molecule has 14 heavy (non-hydrogen) atoms. The van der Waals surface area contributed by atoms with E-state index >= 15 is 0 Å². The first-order valence-electron chi connectivity index (χ1n) is 4.90. The highest BCUT2D eigenvalue weighted by Crippen LogP contribution is 2.23. The van der Waals surface area contributed by atoms with Crippen LogP contribution in [0.4, 0.5) is 0 Å².